The molecule has 0 saturated carbocycles. The third-order valence-electron chi connectivity index (χ3n) is 2.33. The summed E-state index contributed by atoms with van der Waals surface area (Å²) >= 11 is 1.82. The number of thioether (sulfide) groups is 1. The van der Waals surface area contributed by atoms with Crippen LogP contribution in [0.25, 0.3) is 0 Å². The third-order valence-corrected chi connectivity index (χ3v) is 3.07. The summed E-state index contributed by atoms with van der Waals surface area (Å²) in [6, 6.07) is 8.82. The minimum absolute atomic E-state index is 0.367. The van der Waals surface area contributed by atoms with Crippen LogP contribution in [0.2, 0.25) is 0 Å². The molecule has 1 aromatic rings. The van der Waals surface area contributed by atoms with Crippen molar-refractivity contribution >= 4 is 11.8 Å². The monoisotopic (exact) mass is 210 g/mol. The predicted molar refractivity (Wildman–Crippen MR) is 64.4 cm³/mol. The molecule has 3 N–H and O–H groups in total. The van der Waals surface area contributed by atoms with Crippen LogP contribution in [-0.2, 0) is 6.42 Å². The lowest BCUT2D eigenvalue weighted by Crippen LogP contribution is -2.38. The standard InChI is InChI=1S/C11H18N2S/c1-9-5-3-4-6-10(9)7-11(13-12)8-14-2/h3-6,11,13H,7-8,12H2,1-2H3. The maximum atomic E-state index is 5.49. The number of aryl methyl sites for hydroxylation is 1. The lowest BCUT2D eigenvalue weighted by atomic mass is 10.0. The van der Waals surface area contributed by atoms with E-state index in [4.69, 9.17) is 5.84 Å². The normalized spacial score (nSPS) is 12.8. The quantitative estimate of drug-likeness (QED) is 0.574. The Bertz CT molecular complexity index is 276. The van der Waals surface area contributed by atoms with Crippen LogP contribution in [0.5, 0.6) is 0 Å². The van der Waals surface area contributed by atoms with E-state index in [1.807, 2.05) is 11.8 Å². The average Bonchev–Trinajstić information content (AvgIpc) is 2.20. The van der Waals surface area contributed by atoms with Gasteiger partial charge in [-0.3, -0.25) is 11.3 Å². The van der Waals surface area contributed by atoms with Crippen LogP contribution in [0.3, 0.4) is 0 Å². The molecular weight excluding hydrogens is 192 g/mol. The topological polar surface area (TPSA) is 38.0 Å². The second kappa shape index (κ2) is 6.06. The van der Waals surface area contributed by atoms with Gasteiger partial charge in [0.1, 0.15) is 0 Å². The van der Waals surface area contributed by atoms with Crippen LogP contribution in [0.1, 0.15) is 11.1 Å². The first-order chi connectivity index (χ1) is 6.77. The Kier molecular flexibility index (Phi) is 5.01. The van der Waals surface area contributed by atoms with Crippen molar-refractivity contribution in [2.75, 3.05) is 12.0 Å². The van der Waals surface area contributed by atoms with Crippen LogP contribution in [-0.4, -0.2) is 18.1 Å². The minimum Gasteiger partial charge on any atom is -0.271 e. The van der Waals surface area contributed by atoms with Gasteiger partial charge < -0.3 is 0 Å². The number of nitrogens with two attached hydrogens (primary N) is 1. The molecule has 0 aliphatic carbocycles. The van der Waals surface area contributed by atoms with Crippen molar-refractivity contribution in [1.82, 2.24) is 5.43 Å². The van der Waals surface area contributed by atoms with E-state index in [2.05, 4.69) is 42.9 Å². The van der Waals surface area contributed by atoms with Gasteiger partial charge in [-0.05, 0) is 30.7 Å². The van der Waals surface area contributed by atoms with Gasteiger partial charge in [-0.1, -0.05) is 24.3 Å². The fourth-order valence-corrected chi connectivity index (χ4v) is 2.09. The smallest absolute Gasteiger partial charge is 0.0341 e. The van der Waals surface area contributed by atoms with E-state index in [0.717, 1.165) is 12.2 Å². The third kappa shape index (κ3) is 3.33. The number of hydrogen-bond acceptors (Lipinski definition) is 3. The highest BCUT2D eigenvalue weighted by Gasteiger charge is 2.07. The first-order valence-electron chi connectivity index (χ1n) is 4.77. The molecule has 78 valence electrons. The summed E-state index contributed by atoms with van der Waals surface area (Å²) in [4.78, 5) is 0. The van der Waals surface area contributed by atoms with E-state index < -0.39 is 0 Å². The molecule has 1 atom stereocenters. The highest BCUT2D eigenvalue weighted by atomic mass is 32.2. The Labute approximate surface area is 90.2 Å². The second-order valence-corrected chi connectivity index (χ2v) is 4.36. The largest absolute Gasteiger partial charge is 0.271 e. The Morgan fingerprint density at radius 1 is 1.43 bits per heavy atom. The molecule has 14 heavy (non-hydrogen) atoms. The van der Waals surface area contributed by atoms with E-state index in [1.165, 1.54) is 11.1 Å². The molecule has 0 radical (unpaired) electrons. The highest BCUT2D eigenvalue weighted by Crippen LogP contribution is 2.11. The summed E-state index contributed by atoms with van der Waals surface area (Å²) in [5.41, 5.74) is 5.58. The summed E-state index contributed by atoms with van der Waals surface area (Å²) < 4.78 is 0. The number of rotatable bonds is 5. The van der Waals surface area contributed by atoms with Crippen molar-refractivity contribution < 1.29 is 0 Å². The second-order valence-electron chi connectivity index (χ2n) is 3.45. The van der Waals surface area contributed by atoms with Gasteiger partial charge in [-0.15, -0.1) is 0 Å². The number of nitrogens with one attached hydrogen (secondary N) is 1. The lowest BCUT2D eigenvalue weighted by Gasteiger charge is -2.15. The Morgan fingerprint density at radius 2 is 2.14 bits per heavy atom. The molecular formula is C11H18N2S. The average molecular weight is 210 g/mol. The Balaban J connectivity index is 2.62. The maximum Gasteiger partial charge on any atom is 0.0341 e. The van der Waals surface area contributed by atoms with E-state index >= 15 is 0 Å². The molecule has 1 unspecified atom stereocenters. The van der Waals surface area contributed by atoms with Gasteiger partial charge in [-0.2, -0.15) is 11.8 Å². The Hall–Kier alpha value is -0.510. The van der Waals surface area contributed by atoms with Crippen molar-refractivity contribution in [2.45, 2.75) is 19.4 Å². The van der Waals surface area contributed by atoms with Gasteiger partial charge >= 0.3 is 0 Å². The van der Waals surface area contributed by atoms with Crippen molar-refractivity contribution in [3.63, 3.8) is 0 Å². The van der Waals surface area contributed by atoms with E-state index in [9.17, 15) is 0 Å². The molecule has 1 rings (SSSR count). The van der Waals surface area contributed by atoms with Crippen LogP contribution in [0.15, 0.2) is 24.3 Å². The summed E-state index contributed by atoms with van der Waals surface area (Å²) in [7, 11) is 0. The molecule has 0 fully saturated rings. The van der Waals surface area contributed by atoms with Gasteiger partial charge in [0.05, 0.1) is 0 Å². The molecule has 0 amide bonds. The summed E-state index contributed by atoms with van der Waals surface area (Å²) in [5.74, 6) is 6.54. The first-order valence-corrected chi connectivity index (χ1v) is 6.17. The predicted octanol–water partition coefficient (Wildman–Crippen LogP) is 1.73. The van der Waals surface area contributed by atoms with Crippen LogP contribution in [0.4, 0.5) is 0 Å². The van der Waals surface area contributed by atoms with Gasteiger partial charge in [0.25, 0.3) is 0 Å². The summed E-state index contributed by atoms with van der Waals surface area (Å²) in [5, 5.41) is 0. The van der Waals surface area contributed by atoms with Crippen molar-refractivity contribution in [3.8, 4) is 0 Å². The van der Waals surface area contributed by atoms with Crippen molar-refractivity contribution in [3.05, 3.63) is 35.4 Å². The van der Waals surface area contributed by atoms with Gasteiger partial charge in [0.2, 0.25) is 0 Å². The molecule has 0 saturated heterocycles. The summed E-state index contributed by atoms with van der Waals surface area (Å²) in [6.07, 6.45) is 3.10. The molecule has 3 heteroatoms. The Morgan fingerprint density at radius 3 is 2.71 bits per heavy atom. The van der Waals surface area contributed by atoms with Gasteiger partial charge in [0.15, 0.2) is 0 Å². The van der Waals surface area contributed by atoms with Gasteiger partial charge in [0, 0.05) is 11.8 Å². The molecule has 0 spiro atoms. The SMILES string of the molecule is CSCC(Cc1ccccc1C)NN. The fourth-order valence-electron chi connectivity index (χ4n) is 1.47. The molecule has 0 aromatic heterocycles. The number of hydrazine groups is 1. The zero-order chi connectivity index (χ0) is 10.4. The van der Waals surface area contributed by atoms with Crippen LogP contribution < -0.4 is 11.3 Å². The highest BCUT2D eigenvalue weighted by molar-refractivity contribution is 7.98. The molecule has 2 nitrogen and oxygen atoms in total. The maximum absolute atomic E-state index is 5.49. The van der Waals surface area contributed by atoms with Crippen molar-refractivity contribution in [1.29, 1.82) is 0 Å². The van der Waals surface area contributed by atoms with Crippen LogP contribution >= 0.6 is 11.8 Å². The molecule has 1 aromatic carbocycles. The zero-order valence-corrected chi connectivity index (χ0v) is 9.60. The van der Waals surface area contributed by atoms with Crippen molar-refractivity contribution in [2.24, 2.45) is 5.84 Å². The van der Waals surface area contributed by atoms with Gasteiger partial charge in [-0.25, -0.2) is 0 Å². The van der Waals surface area contributed by atoms with E-state index in [0.29, 0.717) is 6.04 Å². The first kappa shape index (κ1) is 11.6. The molecule has 0 aliphatic heterocycles. The fraction of sp³-hybridized carbons (Fsp3) is 0.455. The summed E-state index contributed by atoms with van der Waals surface area (Å²) in [6.45, 7) is 2.14. The molecule has 0 bridgehead atoms. The number of hydrogen-bond donors (Lipinski definition) is 2. The molecule has 0 heterocycles. The lowest BCUT2D eigenvalue weighted by molar-refractivity contribution is 0.574. The minimum atomic E-state index is 0.367. The molecule has 0 aliphatic rings. The van der Waals surface area contributed by atoms with E-state index in [1.54, 1.807) is 0 Å². The number of benzene rings is 1. The van der Waals surface area contributed by atoms with Crippen LogP contribution in [0, 0.1) is 6.92 Å². The zero-order valence-electron chi connectivity index (χ0n) is 8.79. The van der Waals surface area contributed by atoms with E-state index in [-0.39, 0.29) is 0 Å².